The molecule has 0 fully saturated rings. The van der Waals surface area contributed by atoms with Gasteiger partial charge in [0, 0.05) is 6.21 Å². The Morgan fingerprint density at radius 1 is 1.18 bits per heavy atom. The van der Waals surface area contributed by atoms with Crippen LogP contribution in [0.4, 0.5) is 0 Å². The number of hydrogen-bond acceptors (Lipinski definition) is 7. The first-order valence-corrected chi connectivity index (χ1v) is 7.38. The third kappa shape index (κ3) is 10.7. The fraction of sp³-hybridized carbons (Fsp3) is 0.857. The number of nitrogens with two attached hydrogens (primary N) is 2. The minimum atomic E-state index is -0.696. The van der Waals surface area contributed by atoms with Crippen molar-refractivity contribution in [3.05, 3.63) is 0 Å². The maximum Gasteiger partial charge on any atom is 0.113 e. The highest BCUT2D eigenvalue weighted by molar-refractivity contribution is 6.30. The number of hydrogen-bond donors (Lipinski definition) is 3. The number of nitrogens with zero attached hydrogens (tertiary/aromatic N) is 1. The Bertz CT molecular complexity index is 349. The average molecular weight is 312 g/mol. The van der Waals surface area contributed by atoms with Crippen LogP contribution < -0.4 is 11.6 Å². The lowest BCUT2D eigenvalue weighted by atomic mass is 9.96. The zero-order chi connectivity index (χ0) is 17.1. The van der Waals surface area contributed by atoms with Gasteiger partial charge in [-0.25, -0.2) is 0 Å². The number of nitrogens with one attached hydrogen (secondary N) is 1. The van der Waals surface area contributed by atoms with Gasteiger partial charge in [-0.05, 0) is 33.6 Å². The van der Waals surface area contributed by atoms with Crippen molar-refractivity contribution in [2.75, 3.05) is 26.4 Å². The molecule has 0 heterocycles. The SMILES string of the molecule is [B]CCC(C)(N)OCCC(C)(C)OCCOCC(C=N)=NN. The molecule has 1 unspecified atom stereocenters. The quantitative estimate of drug-likeness (QED) is 0.116. The molecule has 1 atom stereocenters. The number of ether oxygens (including phenoxy) is 3. The zero-order valence-electron chi connectivity index (χ0n) is 13.9. The summed E-state index contributed by atoms with van der Waals surface area (Å²) in [4.78, 5) is 0. The van der Waals surface area contributed by atoms with Gasteiger partial charge in [0.2, 0.25) is 0 Å². The molecule has 22 heavy (non-hydrogen) atoms. The molecule has 0 aliphatic carbocycles. The van der Waals surface area contributed by atoms with Crippen molar-refractivity contribution in [2.24, 2.45) is 16.7 Å². The highest BCUT2D eigenvalue weighted by Gasteiger charge is 2.22. The van der Waals surface area contributed by atoms with Crippen molar-refractivity contribution in [2.45, 2.75) is 51.3 Å². The summed E-state index contributed by atoms with van der Waals surface area (Å²) in [5.74, 6) is 5.07. The Labute approximate surface area is 134 Å². The van der Waals surface area contributed by atoms with Crippen molar-refractivity contribution in [1.29, 1.82) is 5.41 Å². The molecule has 0 saturated heterocycles. The van der Waals surface area contributed by atoms with E-state index in [0.717, 1.165) is 6.21 Å². The van der Waals surface area contributed by atoms with Crippen LogP contribution >= 0.6 is 0 Å². The molecule has 0 amide bonds. The van der Waals surface area contributed by atoms with Crippen molar-refractivity contribution in [3.8, 4) is 0 Å². The normalized spacial score (nSPS) is 15.5. The van der Waals surface area contributed by atoms with Crippen molar-refractivity contribution < 1.29 is 14.2 Å². The second kappa shape index (κ2) is 10.7. The molecular formula is C14H29BN4O3. The summed E-state index contributed by atoms with van der Waals surface area (Å²) in [5.41, 5.74) is 5.30. The molecule has 0 aliphatic heterocycles. The number of rotatable bonds is 13. The van der Waals surface area contributed by atoms with Gasteiger partial charge in [0.05, 0.1) is 39.9 Å². The Kier molecular flexibility index (Phi) is 10.3. The summed E-state index contributed by atoms with van der Waals surface area (Å²) in [6.45, 7) is 7.33. The van der Waals surface area contributed by atoms with Crippen LogP contribution in [-0.4, -0.2) is 57.5 Å². The monoisotopic (exact) mass is 312 g/mol. The molecule has 8 heteroatoms. The van der Waals surface area contributed by atoms with Gasteiger partial charge < -0.3 is 31.2 Å². The summed E-state index contributed by atoms with van der Waals surface area (Å²) in [6.07, 6.45) is 2.88. The van der Waals surface area contributed by atoms with Crippen LogP contribution in [0.2, 0.25) is 6.32 Å². The second-order valence-corrected chi connectivity index (χ2v) is 5.88. The standard InChI is InChI=1S/C14H29BN4O3/c1-13(2,5-7-22-14(3,17)4-6-15)21-9-8-20-11-12(10-16)19-18/h10,16H,4-9,11,17-18H2,1-3H3. The molecule has 0 aromatic carbocycles. The second-order valence-electron chi connectivity index (χ2n) is 5.88. The third-order valence-corrected chi connectivity index (χ3v) is 3.08. The van der Waals surface area contributed by atoms with Gasteiger partial charge in [0.1, 0.15) is 11.4 Å². The van der Waals surface area contributed by atoms with Crippen molar-refractivity contribution >= 4 is 19.8 Å². The van der Waals surface area contributed by atoms with Gasteiger partial charge in [-0.2, -0.15) is 5.10 Å². The highest BCUT2D eigenvalue weighted by Crippen LogP contribution is 2.17. The lowest BCUT2D eigenvalue weighted by Gasteiger charge is -2.29. The van der Waals surface area contributed by atoms with Gasteiger partial charge in [0.15, 0.2) is 0 Å². The topological polar surface area (TPSA) is 116 Å². The maximum absolute atomic E-state index is 7.02. The van der Waals surface area contributed by atoms with Crippen LogP contribution in [0.3, 0.4) is 0 Å². The number of hydrazone groups is 1. The fourth-order valence-electron chi connectivity index (χ4n) is 1.63. The van der Waals surface area contributed by atoms with Crippen LogP contribution in [0.25, 0.3) is 0 Å². The van der Waals surface area contributed by atoms with E-state index in [2.05, 4.69) is 5.10 Å². The zero-order valence-corrected chi connectivity index (χ0v) is 13.9. The fourth-order valence-corrected chi connectivity index (χ4v) is 1.63. The van der Waals surface area contributed by atoms with E-state index in [1.54, 1.807) is 0 Å². The van der Waals surface area contributed by atoms with E-state index >= 15 is 0 Å². The molecule has 0 aromatic rings. The Balaban J connectivity index is 3.84. The Hall–Kier alpha value is -0.955. The molecular weight excluding hydrogens is 283 g/mol. The first-order valence-electron chi connectivity index (χ1n) is 7.38. The van der Waals surface area contributed by atoms with Gasteiger partial charge in [-0.3, -0.25) is 0 Å². The molecule has 0 rings (SSSR count). The molecule has 0 aromatic heterocycles. The first-order chi connectivity index (χ1) is 10.3. The van der Waals surface area contributed by atoms with E-state index in [9.17, 15) is 0 Å². The van der Waals surface area contributed by atoms with Crippen LogP contribution in [0.15, 0.2) is 5.10 Å². The summed E-state index contributed by atoms with van der Waals surface area (Å²) in [6, 6.07) is 0. The lowest BCUT2D eigenvalue weighted by molar-refractivity contribution is -0.0853. The van der Waals surface area contributed by atoms with Crippen LogP contribution in [0.5, 0.6) is 0 Å². The summed E-state index contributed by atoms with van der Waals surface area (Å²) >= 11 is 0. The maximum atomic E-state index is 7.02. The Morgan fingerprint density at radius 2 is 1.86 bits per heavy atom. The molecule has 5 N–H and O–H groups in total. The van der Waals surface area contributed by atoms with E-state index in [0.29, 0.717) is 44.7 Å². The molecule has 7 nitrogen and oxygen atoms in total. The minimum Gasteiger partial charge on any atom is -0.373 e. The van der Waals surface area contributed by atoms with Crippen molar-refractivity contribution in [1.82, 2.24) is 0 Å². The van der Waals surface area contributed by atoms with E-state index in [-0.39, 0.29) is 12.2 Å². The highest BCUT2D eigenvalue weighted by atomic mass is 16.5. The lowest BCUT2D eigenvalue weighted by Crippen LogP contribution is -2.40. The van der Waals surface area contributed by atoms with Gasteiger partial charge >= 0.3 is 0 Å². The molecule has 2 radical (unpaired) electrons. The van der Waals surface area contributed by atoms with E-state index in [1.807, 2.05) is 20.8 Å². The minimum absolute atomic E-state index is 0.206. The average Bonchev–Trinajstić information content (AvgIpc) is 2.42. The predicted molar refractivity (Wildman–Crippen MR) is 89.6 cm³/mol. The van der Waals surface area contributed by atoms with Gasteiger partial charge in [0.25, 0.3) is 0 Å². The smallest absolute Gasteiger partial charge is 0.113 e. The van der Waals surface area contributed by atoms with E-state index in [1.165, 1.54) is 0 Å². The summed E-state index contributed by atoms with van der Waals surface area (Å²) in [5, 5.41) is 10.4. The van der Waals surface area contributed by atoms with Crippen LogP contribution in [0.1, 0.15) is 33.6 Å². The van der Waals surface area contributed by atoms with Gasteiger partial charge in [-0.15, -0.1) is 0 Å². The van der Waals surface area contributed by atoms with Gasteiger partial charge in [-0.1, -0.05) is 6.32 Å². The molecule has 0 bridgehead atoms. The predicted octanol–water partition coefficient (Wildman–Crippen LogP) is 0.821. The largest absolute Gasteiger partial charge is 0.373 e. The van der Waals surface area contributed by atoms with Crippen molar-refractivity contribution in [3.63, 3.8) is 0 Å². The Morgan fingerprint density at radius 3 is 2.41 bits per heavy atom. The first kappa shape index (κ1) is 21.0. The molecule has 0 spiro atoms. The third-order valence-electron chi connectivity index (χ3n) is 3.08. The van der Waals surface area contributed by atoms with E-state index < -0.39 is 5.72 Å². The molecule has 0 aliphatic rings. The molecule has 126 valence electrons. The van der Waals surface area contributed by atoms with Crippen LogP contribution in [-0.2, 0) is 14.2 Å². The van der Waals surface area contributed by atoms with Crippen LogP contribution in [0, 0.1) is 5.41 Å². The summed E-state index contributed by atoms with van der Waals surface area (Å²) in [7, 11) is 5.48. The molecule has 0 saturated carbocycles. The van der Waals surface area contributed by atoms with E-state index in [4.69, 9.17) is 39.0 Å². The summed E-state index contributed by atoms with van der Waals surface area (Å²) < 4.78 is 16.7.